The van der Waals surface area contributed by atoms with Crippen LogP contribution in [0.4, 0.5) is 0 Å². The molecule has 0 fully saturated rings. The Balaban J connectivity index is 1.97. The molecule has 0 aliphatic rings. The Hall–Kier alpha value is -2.21. The standard InChI is InChI=1S/C16H16N4OS/c1-4-12-9-14(22-16-18-10(2)11(3)21-16)20-15(19-12)13-7-5-6-8-17-13/h5-9H,4H2,1-3H3. The average Bonchev–Trinajstić information content (AvgIpc) is 2.85. The highest BCUT2D eigenvalue weighted by Crippen LogP contribution is 2.28. The van der Waals surface area contributed by atoms with Crippen molar-refractivity contribution < 1.29 is 4.42 Å². The number of aryl methyl sites for hydroxylation is 3. The van der Waals surface area contributed by atoms with Crippen LogP contribution in [-0.4, -0.2) is 19.9 Å². The molecule has 0 bridgehead atoms. The fourth-order valence-corrected chi connectivity index (χ4v) is 2.75. The minimum atomic E-state index is 0.600. The van der Waals surface area contributed by atoms with Gasteiger partial charge >= 0.3 is 0 Å². The Labute approximate surface area is 133 Å². The molecule has 112 valence electrons. The molecule has 0 saturated heterocycles. The Kier molecular flexibility index (Phi) is 4.20. The molecule has 6 heteroatoms. The van der Waals surface area contributed by atoms with Crippen LogP contribution in [0.1, 0.15) is 24.1 Å². The van der Waals surface area contributed by atoms with E-state index in [-0.39, 0.29) is 0 Å². The molecular formula is C16H16N4OS. The van der Waals surface area contributed by atoms with Gasteiger partial charge in [-0.2, -0.15) is 0 Å². The Bertz CT molecular complexity index is 767. The third kappa shape index (κ3) is 3.17. The van der Waals surface area contributed by atoms with Crippen molar-refractivity contribution in [3.8, 4) is 11.5 Å². The number of pyridine rings is 1. The number of rotatable bonds is 4. The lowest BCUT2D eigenvalue weighted by Crippen LogP contribution is -1.97. The maximum Gasteiger partial charge on any atom is 0.262 e. The van der Waals surface area contributed by atoms with E-state index >= 15 is 0 Å². The molecule has 3 rings (SSSR count). The molecule has 0 radical (unpaired) electrons. The van der Waals surface area contributed by atoms with Crippen molar-refractivity contribution in [3.63, 3.8) is 0 Å². The lowest BCUT2D eigenvalue weighted by Gasteiger charge is -2.05. The molecule has 3 heterocycles. The molecule has 0 N–H and O–H groups in total. The fourth-order valence-electron chi connectivity index (χ4n) is 1.89. The molecule has 22 heavy (non-hydrogen) atoms. The Morgan fingerprint density at radius 1 is 1.14 bits per heavy atom. The Morgan fingerprint density at radius 2 is 2.00 bits per heavy atom. The van der Waals surface area contributed by atoms with E-state index in [0.717, 1.165) is 34.3 Å². The third-order valence-electron chi connectivity index (χ3n) is 3.21. The van der Waals surface area contributed by atoms with Gasteiger partial charge in [-0.15, -0.1) is 0 Å². The van der Waals surface area contributed by atoms with E-state index in [1.165, 1.54) is 11.8 Å². The highest BCUT2D eigenvalue weighted by Gasteiger charge is 2.12. The fraction of sp³-hybridized carbons (Fsp3) is 0.250. The van der Waals surface area contributed by atoms with Crippen LogP contribution in [0.5, 0.6) is 0 Å². The second-order valence-electron chi connectivity index (χ2n) is 4.81. The third-order valence-corrected chi connectivity index (χ3v) is 3.98. The monoisotopic (exact) mass is 312 g/mol. The lowest BCUT2D eigenvalue weighted by molar-refractivity contribution is 0.431. The van der Waals surface area contributed by atoms with Gasteiger partial charge in [0.05, 0.1) is 5.69 Å². The summed E-state index contributed by atoms with van der Waals surface area (Å²) in [6, 6.07) is 7.67. The summed E-state index contributed by atoms with van der Waals surface area (Å²) in [5.74, 6) is 1.46. The van der Waals surface area contributed by atoms with Crippen molar-refractivity contribution in [2.24, 2.45) is 0 Å². The van der Waals surface area contributed by atoms with Crippen LogP contribution in [0, 0.1) is 13.8 Å². The second kappa shape index (κ2) is 6.27. The molecule has 0 spiro atoms. The second-order valence-corrected chi connectivity index (χ2v) is 5.78. The summed E-state index contributed by atoms with van der Waals surface area (Å²) in [5, 5.41) is 1.41. The number of aromatic nitrogens is 4. The molecular weight excluding hydrogens is 296 g/mol. The highest BCUT2D eigenvalue weighted by atomic mass is 32.2. The number of nitrogens with zero attached hydrogens (tertiary/aromatic N) is 4. The molecule has 0 amide bonds. The summed E-state index contributed by atoms with van der Waals surface area (Å²) < 4.78 is 5.61. The van der Waals surface area contributed by atoms with Crippen LogP contribution < -0.4 is 0 Å². The molecule has 3 aromatic rings. The van der Waals surface area contributed by atoms with Crippen LogP contribution in [0.2, 0.25) is 0 Å². The zero-order valence-electron chi connectivity index (χ0n) is 12.7. The molecule has 0 saturated carbocycles. The zero-order chi connectivity index (χ0) is 15.5. The van der Waals surface area contributed by atoms with Crippen molar-refractivity contribution in [3.05, 3.63) is 47.6 Å². The predicted molar refractivity (Wildman–Crippen MR) is 84.7 cm³/mol. The van der Waals surface area contributed by atoms with Gasteiger partial charge in [-0.05, 0) is 50.2 Å². The van der Waals surface area contributed by atoms with Crippen molar-refractivity contribution in [2.75, 3.05) is 0 Å². The average molecular weight is 312 g/mol. The lowest BCUT2D eigenvalue weighted by atomic mass is 10.3. The first kappa shape index (κ1) is 14.7. The summed E-state index contributed by atoms with van der Waals surface area (Å²) in [6.07, 6.45) is 2.57. The molecule has 0 unspecified atom stereocenters. The smallest absolute Gasteiger partial charge is 0.262 e. The van der Waals surface area contributed by atoms with Gasteiger partial charge in [-0.1, -0.05) is 13.0 Å². The molecule has 0 aliphatic carbocycles. The van der Waals surface area contributed by atoms with Crippen molar-refractivity contribution in [2.45, 2.75) is 37.4 Å². The first-order chi connectivity index (χ1) is 10.7. The van der Waals surface area contributed by atoms with Crippen molar-refractivity contribution in [1.82, 2.24) is 19.9 Å². The largest absolute Gasteiger partial charge is 0.436 e. The Morgan fingerprint density at radius 3 is 2.64 bits per heavy atom. The quantitative estimate of drug-likeness (QED) is 0.682. The summed E-state index contributed by atoms with van der Waals surface area (Å²) in [4.78, 5) is 17.8. The molecule has 0 aromatic carbocycles. The molecule has 0 atom stereocenters. The number of hydrogen-bond donors (Lipinski definition) is 0. The van der Waals surface area contributed by atoms with Crippen molar-refractivity contribution in [1.29, 1.82) is 0 Å². The van der Waals surface area contributed by atoms with Gasteiger partial charge in [0, 0.05) is 11.9 Å². The normalized spacial score (nSPS) is 10.9. The van der Waals surface area contributed by atoms with Crippen LogP contribution in [0.25, 0.3) is 11.5 Å². The topological polar surface area (TPSA) is 64.7 Å². The van der Waals surface area contributed by atoms with Crippen LogP contribution in [0.3, 0.4) is 0 Å². The summed E-state index contributed by atoms with van der Waals surface area (Å²) in [6.45, 7) is 5.90. The number of oxazole rings is 1. The SMILES string of the molecule is CCc1cc(Sc2nc(C)c(C)o2)nc(-c2ccccn2)n1. The first-order valence-electron chi connectivity index (χ1n) is 7.07. The van der Waals surface area contributed by atoms with Gasteiger partial charge in [-0.3, -0.25) is 4.98 Å². The first-order valence-corrected chi connectivity index (χ1v) is 7.88. The van der Waals surface area contributed by atoms with Gasteiger partial charge in [-0.25, -0.2) is 15.0 Å². The number of hydrogen-bond acceptors (Lipinski definition) is 6. The van der Waals surface area contributed by atoms with Gasteiger partial charge in [0.25, 0.3) is 5.22 Å². The van der Waals surface area contributed by atoms with Gasteiger partial charge in [0.15, 0.2) is 5.82 Å². The maximum absolute atomic E-state index is 5.61. The van der Waals surface area contributed by atoms with Crippen molar-refractivity contribution >= 4 is 11.8 Å². The summed E-state index contributed by atoms with van der Waals surface area (Å²) in [7, 11) is 0. The highest BCUT2D eigenvalue weighted by molar-refractivity contribution is 7.99. The minimum Gasteiger partial charge on any atom is -0.436 e. The minimum absolute atomic E-state index is 0.600. The van der Waals surface area contributed by atoms with E-state index in [0.29, 0.717) is 11.0 Å². The molecule has 3 aromatic heterocycles. The molecule has 5 nitrogen and oxygen atoms in total. The van der Waals surface area contributed by atoms with Crippen LogP contribution in [-0.2, 0) is 6.42 Å². The predicted octanol–water partition coefficient (Wildman–Crippen LogP) is 3.86. The zero-order valence-corrected chi connectivity index (χ0v) is 13.5. The summed E-state index contributed by atoms with van der Waals surface area (Å²) >= 11 is 1.40. The van der Waals surface area contributed by atoms with E-state index in [2.05, 4.69) is 26.9 Å². The van der Waals surface area contributed by atoms with Gasteiger partial charge in [0.2, 0.25) is 0 Å². The summed E-state index contributed by atoms with van der Waals surface area (Å²) in [5.41, 5.74) is 2.63. The van der Waals surface area contributed by atoms with E-state index in [9.17, 15) is 0 Å². The maximum atomic E-state index is 5.61. The van der Waals surface area contributed by atoms with E-state index < -0.39 is 0 Å². The van der Waals surface area contributed by atoms with E-state index in [1.54, 1.807) is 6.20 Å². The van der Waals surface area contributed by atoms with Gasteiger partial charge < -0.3 is 4.42 Å². The van der Waals surface area contributed by atoms with E-state index in [4.69, 9.17) is 4.42 Å². The van der Waals surface area contributed by atoms with Crippen LogP contribution in [0.15, 0.2) is 45.1 Å². The van der Waals surface area contributed by atoms with E-state index in [1.807, 2.05) is 38.1 Å². The van der Waals surface area contributed by atoms with Gasteiger partial charge in [0.1, 0.15) is 16.5 Å². The molecule has 0 aliphatic heterocycles. The van der Waals surface area contributed by atoms with Crippen LogP contribution >= 0.6 is 11.8 Å².